The summed E-state index contributed by atoms with van der Waals surface area (Å²) < 4.78 is 0. The molecule has 3 nitrogen and oxygen atoms in total. The topological polar surface area (TPSA) is 54.4 Å². The summed E-state index contributed by atoms with van der Waals surface area (Å²) >= 11 is 0. The van der Waals surface area contributed by atoms with E-state index >= 15 is 0 Å². The minimum absolute atomic E-state index is 0.266. The average Bonchev–Trinajstić information content (AvgIpc) is 2.12. The van der Waals surface area contributed by atoms with E-state index in [1.165, 1.54) is 0 Å². The first kappa shape index (κ1) is 12.2. The Balaban J connectivity index is 3.14. The number of carbonyl (C=O) groups excluding carboxylic acids is 1. The normalized spacial score (nSPS) is 10.7. The summed E-state index contributed by atoms with van der Waals surface area (Å²) in [4.78, 5) is 22.1. The largest absolute Gasteiger partial charge is 0.478 e. The van der Waals surface area contributed by atoms with E-state index in [4.69, 9.17) is 5.11 Å². The Morgan fingerprint density at radius 2 is 1.56 bits per heavy atom. The van der Waals surface area contributed by atoms with Gasteiger partial charge in [0.05, 0.1) is 0 Å². The molecule has 16 heavy (non-hydrogen) atoms. The molecule has 0 fully saturated rings. The lowest BCUT2D eigenvalue weighted by molar-refractivity contribution is -0.131. The highest BCUT2D eigenvalue weighted by molar-refractivity contribution is 6.08. The van der Waals surface area contributed by atoms with Crippen molar-refractivity contribution in [2.45, 2.75) is 20.8 Å². The second-order valence-corrected chi connectivity index (χ2v) is 3.81. The summed E-state index contributed by atoms with van der Waals surface area (Å²) in [5.74, 6) is -1.38. The van der Waals surface area contributed by atoms with Crippen LogP contribution in [0.4, 0.5) is 0 Å². The van der Waals surface area contributed by atoms with Crippen LogP contribution < -0.4 is 0 Å². The number of aryl methyl sites for hydroxylation is 3. The Morgan fingerprint density at radius 3 is 2.00 bits per heavy atom. The number of carbonyl (C=O) groups is 2. The van der Waals surface area contributed by atoms with Crippen molar-refractivity contribution < 1.29 is 14.7 Å². The maximum atomic E-state index is 11.8. The molecule has 3 heteroatoms. The molecule has 84 valence electrons. The van der Waals surface area contributed by atoms with Crippen molar-refractivity contribution in [2.75, 3.05) is 0 Å². The summed E-state index contributed by atoms with van der Waals surface area (Å²) in [6.07, 6.45) is 1.95. The standard InChI is InChI=1S/C13H14O3/c1-8-6-9(2)13(10(3)7-8)11(14)4-5-12(15)16/h4-7H,1-3H3,(H,15,16)/b5-4-. The van der Waals surface area contributed by atoms with E-state index in [1.54, 1.807) is 0 Å². The number of ketones is 1. The van der Waals surface area contributed by atoms with Gasteiger partial charge in [0.25, 0.3) is 0 Å². The molecule has 0 bridgehead atoms. The van der Waals surface area contributed by atoms with Gasteiger partial charge in [0.15, 0.2) is 5.78 Å². The van der Waals surface area contributed by atoms with Gasteiger partial charge in [-0.15, -0.1) is 0 Å². The Hall–Kier alpha value is -1.90. The molecule has 1 rings (SSSR count). The first-order valence-corrected chi connectivity index (χ1v) is 4.95. The Morgan fingerprint density at radius 1 is 1.06 bits per heavy atom. The fourth-order valence-corrected chi connectivity index (χ4v) is 1.80. The van der Waals surface area contributed by atoms with E-state index < -0.39 is 5.97 Å². The lowest BCUT2D eigenvalue weighted by Crippen LogP contribution is -2.03. The third-order valence-corrected chi connectivity index (χ3v) is 2.30. The van der Waals surface area contributed by atoms with Gasteiger partial charge >= 0.3 is 5.97 Å². The fourth-order valence-electron chi connectivity index (χ4n) is 1.80. The molecule has 0 saturated heterocycles. The van der Waals surface area contributed by atoms with Gasteiger partial charge in [-0.05, 0) is 38.0 Å². The molecule has 1 aromatic rings. The van der Waals surface area contributed by atoms with Crippen molar-refractivity contribution in [3.05, 3.63) is 46.5 Å². The number of carboxylic acids is 1. The van der Waals surface area contributed by atoms with E-state index in [-0.39, 0.29) is 5.78 Å². The Kier molecular flexibility index (Phi) is 3.61. The van der Waals surface area contributed by atoms with E-state index in [9.17, 15) is 9.59 Å². The van der Waals surface area contributed by atoms with Crippen molar-refractivity contribution in [2.24, 2.45) is 0 Å². The number of hydrogen-bond donors (Lipinski definition) is 1. The quantitative estimate of drug-likeness (QED) is 0.626. The lowest BCUT2D eigenvalue weighted by Gasteiger charge is -2.07. The first-order chi connectivity index (χ1) is 7.41. The Bertz CT molecular complexity index is 447. The number of hydrogen-bond acceptors (Lipinski definition) is 2. The fraction of sp³-hybridized carbons (Fsp3) is 0.231. The molecule has 1 aromatic carbocycles. The number of carboxylic acid groups (broad SMARTS) is 1. The summed E-state index contributed by atoms with van der Waals surface area (Å²) in [5, 5.41) is 8.45. The molecule has 0 aliphatic rings. The highest BCUT2D eigenvalue weighted by Crippen LogP contribution is 2.17. The van der Waals surface area contributed by atoms with Crippen LogP contribution in [-0.4, -0.2) is 16.9 Å². The van der Waals surface area contributed by atoms with E-state index in [0.717, 1.165) is 28.8 Å². The summed E-state index contributed by atoms with van der Waals surface area (Å²) in [5.41, 5.74) is 3.42. The number of benzene rings is 1. The Labute approximate surface area is 94.4 Å². The lowest BCUT2D eigenvalue weighted by atomic mass is 9.96. The van der Waals surface area contributed by atoms with Gasteiger partial charge in [-0.1, -0.05) is 17.7 Å². The van der Waals surface area contributed by atoms with Crippen molar-refractivity contribution in [3.63, 3.8) is 0 Å². The molecule has 0 unspecified atom stereocenters. The zero-order valence-corrected chi connectivity index (χ0v) is 9.57. The van der Waals surface area contributed by atoms with Crippen molar-refractivity contribution in [1.82, 2.24) is 0 Å². The second kappa shape index (κ2) is 4.75. The summed E-state index contributed by atoms with van der Waals surface area (Å²) in [7, 11) is 0. The summed E-state index contributed by atoms with van der Waals surface area (Å²) in [6, 6.07) is 3.82. The van der Waals surface area contributed by atoms with E-state index in [2.05, 4.69) is 0 Å². The molecule has 1 N–H and O–H groups in total. The minimum atomic E-state index is -1.12. The third kappa shape index (κ3) is 2.79. The van der Waals surface area contributed by atoms with Crippen LogP contribution in [0.2, 0.25) is 0 Å². The van der Waals surface area contributed by atoms with Gasteiger partial charge in [-0.2, -0.15) is 0 Å². The molecule has 0 heterocycles. The smallest absolute Gasteiger partial charge is 0.328 e. The van der Waals surface area contributed by atoms with E-state index in [1.807, 2.05) is 32.9 Å². The molecule has 0 spiro atoms. The second-order valence-electron chi connectivity index (χ2n) is 3.81. The first-order valence-electron chi connectivity index (χ1n) is 4.95. The van der Waals surface area contributed by atoms with Crippen LogP contribution in [0.15, 0.2) is 24.3 Å². The van der Waals surface area contributed by atoms with Gasteiger partial charge in [0, 0.05) is 11.6 Å². The highest BCUT2D eigenvalue weighted by atomic mass is 16.4. The van der Waals surface area contributed by atoms with Gasteiger partial charge in [0.1, 0.15) is 0 Å². The number of rotatable bonds is 3. The maximum absolute atomic E-state index is 11.8. The van der Waals surface area contributed by atoms with Crippen LogP contribution in [0.1, 0.15) is 27.0 Å². The molecule has 0 aliphatic carbocycles. The average molecular weight is 218 g/mol. The predicted octanol–water partition coefficient (Wildman–Crippen LogP) is 2.44. The van der Waals surface area contributed by atoms with Crippen molar-refractivity contribution in [3.8, 4) is 0 Å². The molecular formula is C13H14O3. The molecule has 0 radical (unpaired) electrons. The van der Waals surface area contributed by atoms with Crippen molar-refractivity contribution >= 4 is 11.8 Å². The highest BCUT2D eigenvalue weighted by Gasteiger charge is 2.10. The van der Waals surface area contributed by atoms with Crippen LogP contribution in [-0.2, 0) is 4.79 Å². The van der Waals surface area contributed by atoms with Gasteiger partial charge < -0.3 is 5.11 Å². The SMILES string of the molecule is Cc1cc(C)c(C(=O)/C=C\C(=O)O)c(C)c1. The molecule has 0 saturated carbocycles. The van der Waals surface area contributed by atoms with Crippen LogP contribution >= 0.6 is 0 Å². The van der Waals surface area contributed by atoms with Crippen LogP contribution in [0.5, 0.6) is 0 Å². The van der Waals surface area contributed by atoms with Gasteiger partial charge in [-0.3, -0.25) is 4.79 Å². The van der Waals surface area contributed by atoms with Crippen LogP contribution in [0.25, 0.3) is 0 Å². The number of aliphatic carboxylic acids is 1. The molecule has 0 aromatic heterocycles. The van der Waals surface area contributed by atoms with Crippen LogP contribution in [0.3, 0.4) is 0 Å². The zero-order chi connectivity index (χ0) is 12.3. The van der Waals surface area contributed by atoms with Gasteiger partial charge in [-0.25, -0.2) is 4.79 Å². The molecule has 0 atom stereocenters. The summed E-state index contributed by atoms with van der Waals surface area (Å²) in [6.45, 7) is 5.66. The van der Waals surface area contributed by atoms with Crippen LogP contribution in [0, 0.1) is 20.8 Å². The zero-order valence-electron chi connectivity index (χ0n) is 9.57. The maximum Gasteiger partial charge on any atom is 0.328 e. The molecule has 0 amide bonds. The van der Waals surface area contributed by atoms with Gasteiger partial charge in [0.2, 0.25) is 0 Å². The predicted molar refractivity (Wildman–Crippen MR) is 61.8 cm³/mol. The molecule has 0 aliphatic heterocycles. The minimum Gasteiger partial charge on any atom is -0.478 e. The monoisotopic (exact) mass is 218 g/mol. The third-order valence-electron chi connectivity index (χ3n) is 2.30. The van der Waals surface area contributed by atoms with Crippen molar-refractivity contribution in [1.29, 1.82) is 0 Å². The molecular weight excluding hydrogens is 204 g/mol. The van der Waals surface area contributed by atoms with E-state index in [0.29, 0.717) is 5.56 Å². The number of allylic oxidation sites excluding steroid dienone is 1.